The normalized spacial score (nSPS) is 16.2. The number of amides is 1. The summed E-state index contributed by atoms with van der Waals surface area (Å²) in [6, 6.07) is 6.87. The van der Waals surface area contributed by atoms with Gasteiger partial charge in [0.25, 0.3) is 5.91 Å². The number of carbonyl (C=O) groups excluding carboxylic acids is 2. The lowest BCUT2D eigenvalue weighted by molar-refractivity contribution is -0.156. The van der Waals surface area contributed by atoms with Gasteiger partial charge in [-0.3, -0.25) is 15.0 Å². The fraction of sp³-hybridized carbons (Fsp3) is 0.579. The number of rotatable bonds is 6. The van der Waals surface area contributed by atoms with Crippen LogP contribution in [0.25, 0.3) is 0 Å². The van der Waals surface area contributed by atoms with E-state index >= 15 is 0 Å². The summed E-state index contributed by atoms with van der Waals surface area (Å²) in [5, 5.41) is 2.50. The number of benzene rings is 1. The summed E-state index contributed by atoms with van der Waals surface area (Å²) >= 11 is 5.81. The molecule has 6 nitrogen and oxygen atoms in total. The molecular weight excluding hydrogens is 356 g/mol. The number of hydrogen-bond donors (Lipinski definition) is 1. The van der Waals surface area contributed by atoms with Crippen molar-refractivity contribution in [3.05, 3.63) is 29.3 Å². The number of ether oxygens (including phenoxy) is 2. The SMILES string of the molecule is CC(C)(C)OC(=O)CC1CCN(NC(=O)COc2ccc(Cl)cc2)CC1. The van der Waals surface area contributed by atoms with E-state index in [1.165, 1.54) is 0 Å². The Morgan fingerprint density at radius 1 is 1.19 bits per heavy atom. The molecule has 0 bridgehead atoms. The van der Waals surface area contributed by atoms with Crippen LogP contribution in [0, 0.1) is 5.92 Å². The van der Waals surface area contributed by atoms with E-state index in [0.717, 1.165) is 12.8 Å². The van der Waals surface area contributed by atoms with E-state index in [-0.39, 0.29) is 18.5 Å². The van der Waals surface area contributed by atoms with Gasteiger partial charge in [-0.25, -0.2) is 5.01 Å². The minimum Gasteiger partial charge on any atom is -0.484 e. The van der Waals surface area contributed by atoms with Crippen molar-refractivity contribution < 1.29 is 19.1 Å². The molecule has 1 amide bonds. The van der Waals surface area contributed by atoms with Crippen molar-refractivity contribution >= 4 is 23.5 Å². The van der Waals surface area contributed by atoms with Crippen molar-refractivity contribution in [1.29, 1.82) is 0 Å². The van der Waals surface area contributed by atoms with E-state index < -0.39 is 5.60 Å². The summed E-state index contributed by atoms with van der Waals surface area (Å²) in [5.41, 5.74) is 2.39. The van der Waals surface area contributed by atoms with Gasteiger partial charge in [0, 0.05) is 24.5 Å². The number of halogens is 1. The third-order valence-corrected chi connectivity index (χ3v) is 4.21. The van der Waals surface area contributed by atoms with Crippen molar-refractivity contribution in [2.24, 2.45) is 5.92 Å². The molecule has 1 aliphatic rings. The highest BCUT2D eigenvalue weighted by atomic mass is 35.5. The molecule has 0 unspecified atom stereocenters. The molecule has 0 aliphatic carbocycles. The second-order valence-electron chi connectivity index (χ2n) is 7.50. The highest BCUT2D eigenvalue weighted by molar-refractivity contribution is 6.30. The fourth-order valence-corrected chi connectivity index (χ4v) is 2.88. The van der Waals surface area contributed by atoms with Gasteiger partial charge in [0.1, 0.15) is 11.4 Å². The standard InChI is InChI=1S/C19H27ClN2O4/c1-19(2,3)26-18(24)12-14-8-10-22(11-9-14)21-17(23)13-25-16-6-4-15(20)5-7-16/h4-7,14H,8-13H2,1-3H3,(H,21,23). The largest absolute Gasteiger partial charge is 0.484 e. The number of carbonyl (C=O) groups is 2. The zero-order valence-electron chi connectivity index (χ0n) is 15.6. The van der Waals surface area contributed by atoms with Crippen LogP contribution in [0.3, 0.4) is 0 Å². The predicted octanol–water partition coefficient (Wildman–Crippen LogP) is 3.19. The zero-order valence-corrected chi connectivity index (χ0v) is 16.3. The van der Waals surface area contributed by atoms with Crippen LogP contribution in [0.4, 0.5) is 0 Å². The summed E-state index contributed by atoms with van der Waals surface area (Å²) in [6.45, 7) is 6.97. The van der Waals surface area contributed by atoms with Gasteiger partial charge in [0.2, 0.25) is 0 Å². The first-order chi connectivity index (χ1) is 12.2. The summed E-state index contributed by atoms with van der Waals surface area (Å²) in [5.74, 6) is 0.533. The second-order valence-corrected chi connectivity index (χ2v) is 7.94. The molecule has 0 radical (unpaired) electrons. The maximum absolute atomic E-state index is 12.0. The molecule has 26 heavy (non-hydrogen) atoms. The van der Waals surface area contributed by atoms with Crippen LogP contribution in [0.15, 0.2) is 24.3 Å². The zero-order chi connectivity index (χ0) is 19.2. The summed E-state index contributed by atoms with van der Waals surface area (Å²) in [7, 11) is 0. The van der Waals surface area contributed by atoms with Crippen molar-refractivity contribution in [1.82, 2.24) is 10.4 Å². The van der Waals surface area contributed by atoms with Crippen LogP contribution in [0.1, 0.15) is 40.0 Å². The molecule has 1 aromatic carbocycles. The van der Waals surface area contributed by atoms with E-state index in [9.17, 15) is 9.59 Å². The maximum Gasteiger partial charge on any atom is 0.306 e. The van der Waals surface area contributed by atoms with E-state index in [1.54, 1.807) is 24.3 Å². The Labute approximate surface area is 159 Å². The molecule has 1 saturated heterocycles. The lowest BCUT2D eigenvalue weighted by atomic mass is 9.94. The van der Waals surface area contributed by atoms with Gasteiger partial charge in [-0.15, -0.1) is 0 Å². The van der Waals surface area contributed by atoms with Gasteiger partial charge in [0.05, 0.1) is 0 Å². The Kier molecular flexibility index (Phi) is 7.29. The first kappa shape index (κ1) is 20.5. The topological polar surface area (TPSA) is 67.9 Å². The average Bonchev–Trinajstić information content (AvgIpc) is 2.54. The minimum absolute atomic E-state index is 0.0561. The Morgan fingerprint density at radius 2 is 1.81 bits per heavy atom. The van der Waals surface area contributed by atoms with E-state index in [2.05, 4.69) is 5.43 Å². The molecule has 1 aliphatic heterocycles. The quantitative estimate of drug-likeness (QED) is 0.765. The highest BCUT2D eigenvalue weighted by Crippen LogP contribution is 2.21. The van der Waals surface area contributed by atoms with Crippen molar-refractivity contribution in [3.8, 4) is 5.75 Å². The van der Waals surface area contributed by atoms with Crippen molar-refractivity contribution in [3.63, 3.8) is 0 Å². The number of piperidine rings is 1. The molecule has 0 atom stereocenters. The molecule has 7 heteroatoms. The monoisotopic (exact) mass is 382 g/mol. The second kappa shape index (κ2) is 9.24. The van der Waals surface area contributed by atoms with Crippen molar-refractivity contribution in [2.75, 3.05) is 19.7 Å². The molecule has 0 aromatic heterocycles. The van der Waals surface area contributed by atoms with Gasteiger partial charge in [-0.1, -0.05) is 11.6 Å². The molecule has 1 N–H and O–H groups in total. The van der Waals surface area contributed by atoms with Gasteiger partial charge in [0.15, 0.2) is 6.61 Å². The summed E-state index contributed by atoms with van der Waals surface area (Å²) in [6.07, 6.45) is 2.12. The lowest BCUT2D eigenvalue weighted by Crippen LogP contribution is -2.48. The van der Waals surface area contributed by atoms with E-state index in [4.69, 9.17) is 21.1 Å². The van der Waals surface area contributed by atoms with Crippen LogP contribution in [0.5, 0.6) is 5.75 Å². The molecule has 1 aromatic rings. The maximum atomic E-state index is 12.0. The van der Waals surface area contributed by atoms with Crippen LogP contribution in [-0.4, -0.2) is 42.2 Å². The highest BCUT2D eigenvalue weighted by Gasteiger charge is 2.25. The lowest BCUT2D eigenvalue weighted by Gasteiger charge is -2.32. The number of hydrazine groups is 1. The average molecular weight is 383 g/mol. The van der Waals surface area contributed by atoms with Crippen LogP contribution in [-0.2, 0) is 14.3 Å². The number of nitrogens with zero attached hydrogens (tertiary/aromatic N) is 1. The minimum atomic E-state index is -0.449. The summed E-state index contributed by atoms with van der Waals surface area (Å²) in [4.78, 5) is 23.9. The Bertz CT molecular complexity index is 605. The van der Waals surface area contributed by atoms with Gasteiger partial charge >= 0.3 is 5.97 Å². The predicted molar refractivity (Wildman–Crippen MR) is 99.8 cm³/mol. The molecule has 2 rings (SSSR count). The third kappa shape index (κ3) is 7.62. The molecular formula is C19H27ClN2O4. The molecule has 144 valence electrons. The van der Waals surface area contributed by atoms with E-state index in [1.807, 2.05) is 25.8 Å². The Morgan fingerprint density at radius 3 is 2.38 bits per heavy atom. The first-order valence-corrected chi connectivity index (χ1v) is 9.24. The fourth-order valence-electron chi connectivity index (χ4n) is 2.76. The van der Waals surface area contributed by atoms with Gasteiger partial charge in [-0.05, 0) is 63.8 Å². The molecule has 1 fully saturated rings. The van der Waals surface area contributed by atoms with E-state index in [0.29, 0.717) is 36.2 Å². The number of nitrogens with one attached hydrogen (secondary N) is 1. The van der Waals surface area contributed by atoms with Crippen LogP contribution < -0.4 is 10.2 Å². The van der Waals surface area contributed by atoms with Gasteiger partial charge in [-0.2, -0.15) is 0 Å². The van der Waals surface area contributed by atoms with Gasteiger partial charge < -0.3 is 9.47 Å². The van der Waals surface area contributed by atoms with Crippen LogP contribution >= 0.6 is 11.6 Å². The third-order valence-electron chi connectivity index (χ3n) is 3.96. The Hall–Kier alpha value is -1.79. The Balaban J connectivity index is 1.65. The number of esters is 1. The molecule has 0 saturated carbocycles. The molecule has 0 spiro atoms. The summed E-state index contributed by atoms with van der Waals surface area (Å²) < 4.78 is 10.8. The van der Waals surface area contributed by atoms with Crippen LogP contribution in [0.2, 0.25) is 5.02 Å². The first-order valence-electron chi connectivity index (χ1n) is 8.86. The smallest absolute Gasteiger partial charge is 0.306 e. The molecule has 1 heterocycles. The van der Waals surface area contributed by atoms with Crippen molar-refractivity contribution in [2.45, 2.75) is 45.6 Å². The number of hydrogen-bond acceptors (Lipinski definition) is 5.